The number of aromatic nitrogens is 3. The van der Waals surface area contributed by atoms with Gasteiger partial charge in [0.05, 0.1) is 36.4 Å². The van der Waals surface area contributed by atoms with Gasteiger partial charge in [0.25, 0.3) is 5.91 Å². The lowest BCUT2D eigenvalue weighted by Crippen LogP contribution is -2.51. The first-order valence-corrected chi connectivity index (χ1v) is 10.8. The van der Waals surface area contributed by atoms with Crippen LogP contribution >= 0.6 is 0 Å². The SMILES string of the molecule is CC(C)(O)[C@]1(C)Cc2cc(NC(=O)c3cnn4cccnc34)c(N3CCOCC3)cc2O1. The van der Waals surface area contributed by atoms with E-state index in [-0.39, 0.29) is 5.91 Å². The number of hydrogen-bond donors (Lipinski definition) is 2. The van der Waals surface area contributed by atoms with E-state index in [4.69, 9.17) is 9.47 Å². The number of nitrogens with one attached hydrogen (secondary N) is 1. The second-order valence-corrected chi connectivity index (χ2v) is 9.05. The molecule has 0 bridgehead atoms. The average Bonchev–Trinajstić information content (AvgIpc) is 3.34. The van der Waals surface area contributed by atoms with E-state index >= 15 is 0 Å². The molecule has 9 heteroatoms. The second kappa shape index (κ2) is 7.46. The summed E-state index contributed by atoms with van der Waals surface area (Å²) in [6.45, 7) is 8.07. The van der Waals surface area contributed by atoms with Crippen LogP contribution in [0.5, 0.6) is 5.75 Å². The monoisotopic (exact) mass is 437 g/mol. The van der Waals surface area contributed by atoms with Gasteiger partial charge in [-0.05, 0) is 32.9 Å². The predicted octanol–water partition coefficient (Wildman–Crippen LogP) is 2.28. The number of anilines is 2. The molecular formula is C23H27N5O4. The summed E-state index contributed by atoms with van der Waals surface area (Å²) in [7, 11) is 0. The highest BCUT2D eigenvalue weighted by molar-refractivity contribution is 6.09. The fourth-order valence-corrected chi connectivity index (χ4v) is 4.17. The fraction of sp³-hybridized carbons (Fsp3) is 0.435. The Hall–Kier alpha value is -3.17. The molecular weight excluding hydrogens is 410 g/mol. The summed E-state index contributed by atoms with van der Waals surface area (Å²) in [6, 6.07) is 5.67. The first-order chi connectivity index (χ1) is 15.2. The van der Waals surface area contributed by atoms with Crippen LogP contribution in [-0.2, 0) is 11.2 Å². The molecule has 0 saturated carbocycles. The predicted molar refractivity (Wildman–Crippen MR) is 119 cm³/mol. The van der Waals surface area contributed by atoms with Gasteiger partial charge < -0.3 is 24.8 Å². The van der Waals surface area contributed by atoms with E-state index < -0.39 is 11.2 Å². The van der Waals surface area contributed by atoms with Gasteiger partial charge in [-0.1, -0.05) is 0 Å². The quantitative estimate of drug-likeness (QED) is 0.646. The molecule has 1 atom stereocenters. The van der Waals surface area contributed by atoms with Crippen LogP contribution in [0, 0.1) is 0 Å². The van der Waals surface area contributed by atoms with Crippen molar-refractivity contribution >= 4 is 22.9 Å². The van der Waals surface area contributed by atoms with Crippen LogP contribution in [0.1, 0.15) is 36.7 Å². The van der Waals surface area contributed by atoms with Crippen LogP contribution < -0.4 is 15.0 Å². The number of rotatable bonds is 4. The molecule has 1 saturated heterocycles. The van der Waals surface area contributed by atoms with Crippen molar-refractivity contribution in [3.05, 3.63) is 47.9 Å². The number of hydrogen-bond acceptors (Lipinski definition) is 7. The average molecular weight is 438 g/mol. The first-order valence-electron chi connectivity index (χ1n) is 10.8. The van der Waals surface area contributed by atoms with Crippen molar-refractivity contribution in [2.75, 3.05) is 36.5 Å². The van der Waals surface area contributed by atoms with Crippen LogP contribution in [-0.4, -0.2) is 63.1 Å². The number of fused-ring (bicyclic) bond motifs is 2. The minimum Gasteiger partial charge on any atom is -0.484 e. The lowest BCUT2D eigenvalue weighted by Gasteiger charge is -2.36. The van der Waals surface area contributed by atoms with Crippen molar-refractivity contribution in [3.63, 3.8) is 0 Å². The van der Waals surface area contributed by atoms with E-state index in [0.717, 1.165) is 17.0 Å². The number of aliphatic hydroxyl groups is 1. The van der Waals surface area contributed by atoms with E-state index in [1.807, 2.05) is 19.1 Å². The second-order valence-electron chi connectivity index (χ2n) is 9.05. The van der Waals surface area contributed by atoms with Crippen LogP contribution in [0.15, 0.2) is 36.8 Å². The Balaban J connectivity index is 1.52. The molecule has 1 fully saturated rings. The van der Waals surface area contributed by atoms with Gasteiger partial charge in [0, 0.05) is 43.5 Å². The van der Waals surface area contributed by atoms with Crippen molar-refractivity contribution in [2.24, 2.45) is 0 Å². The van der Waals surface area contributed by atoms with Crippen molar-refractivity contribution in [2.45, 2.75) is 38.4 Å². The van der Waals surface area contributed by atoms with Crippen molar-refractivity contribution in [1.29, 1.82) is 0 Å². The number of carbonyl (C=O) groups is 1. The maximum absolute atomic E-state index is 13.2. The summed E-state index contributed by atoms with van der Waals surface area (Å²) in [5, 5.41) is 18.0. The maximum Gasteiger partial charge on any atom is 0.261 e. The molecule has 0 unspecified atom stereocenters. The first kappa shape index (κ1) is 20.7. The van der Waals surface area contributed by atoms with E-state index in [0.29, 0.717) is 49.6 Å². The smallest absolute Gasteiger partial charge is 0.261 e. The van der Waals surface area contributed by atoms with Gasteiger partial charge in [-0.25, -0.2) is 9.50 Å². The lowest BCUT2D eigenvalue weighted by molar-refractivity contribution is -0.0900. The van der Waals surface area contributed by atoms with Gasteiger partial charge in [0.1, 0.15) is 16.9 Å². The molecule has 0 radical (unpaired) electrons. The molecule has 2 N–H and O–H groups in total. The zero-order valence-corrected chi connectivity index (χ0v) is 18.5. The molecule has 2 aliphatic heterocycles. The fourth-order valence-electron chi connectivity index (χ4n) is 4.17. The minimum absolute atomic E-state index is 0.280. The number of carbonyl (C=O) groups excluding carboxylic acids is 1. The molecule has 32 heavy (non-hydrogen) atoms. The van der Waals surface area contributed by atoms with Gasteiger partial charge in [0.15, 0.2) is 5.65 Å². The largest absolute Gasteiger partial charge is 0.484 e. The van der Waals surface area contributed by atoms with E-state index in [2.05, 4.69) is 20.3 Å². The number of ether oxygens (including phenoxy) is 2. The number of morpholine rings is 1. The van der Waals surface area contributed by atoms with Crippen LogP contribution in [0.4, 0.5) is 11.4 Å². The third-order valence-electron chi connectivity index (χ3n) is 6.46. The van der Waals surface area contributed by atoms with Crippen molar-refractivity contribution < 1.29 is 19.4 Å². The zero-order valence-electron chi connectivity index (χ0n) is 18.5. The number of benzene rings is 1. The van der Waals surface area contributed by atoms with Gasteiger partial charge >= 0.3 is 0 Å². The molecule has 168 valence electrons. The Morgan fingerprint density at radius 1 is 1.28 bits per heavy atom. The number of amides is 1. The van der Waals surface area contributed by atoms with Gasteiger partial charge in [-0.2, -0.15) is 5.10 Å². The Labute approximate surface area is 186 Å². The van der Waals surface area contributed by atoms with Gasteiger partial charge in [-0.3, -0.25) is 4.79 Å². The van der Waals surface area contributed by atoms with Crippen LogP contribution in [0.2, 0.25) is 0 Å². The van der Waals surface area contributed by atoms with E-state index in [9.17, 15) is 9.90 Å². The van der Waals surface area contributed by atoms with E-state index in [1.165, 1.54) is 6.20 Å². The Morgan fingerprint density at radius 2 is 2.06 bits per heavy atom. The molecule has 4 heterocycles. The highest BCUT2D eigenvalue weighted by Crippen LogP contribution is 2.45. The Kier molecular flexibility index (Phi) is 4.83. The maximum atomic E-state index is 13.2. The van der Waals surface area contributed by atoms with Crippen molar-refractivity contribution in [1.82, 2.24) is 14.6 Å². The standard InChI is InChI=1S/C23H27N5O4/c1-22(2,30)23(3)13-15-11-17(18(12-19(15)32-23)27-7-9-31-10-8-27)26-21(29)16-14-25-28-6-4-5-24-20(16)28/h4-6,11-12,14,30H,7-10,13H2,1-3H3,(H,26,29)/t23-/m0/s1. The number of nitrogens with zero attached hydrogens (tertiary/aromatic N) is 4. The highest BCUT2D eigenvalue weighted by atomic mass is 16.5. The summed E-state index contributed by atoms with van der Waals surface area (Å²) < 4.78 is 13.3. The molecule has 5 rings (SSSR count). The molecule has 0 aliphatic carbocycles. The van der Waals surface area contributed by atoms with Crippen LogP contribution in [0.25, 0.3) is 5.65 Å². The van der Waals surface area contributed by atoms with Gasteiger partial charge in [-0.15, -0.1) is 0 Å². The highest BCUT2D eigenvalue weighted by Gasteiger charge is 2.47. The molecule has 0 spiro atoms. The molecule has 1 aromatic carbocycles. The molecule has 9 nitrogen and oxygen atoms in total. The molecule has 2 aliphatic rings. The third kappa shape index (κ3) is 3.47. The summed E-state index contributed by atoms with van der Waals surface area (Å²) in [5.41, 5.74) is 1.61. The molecule has 2 aromatic heterocycles. The van der Waals surface area contributed by atoms with E-state index in [1.54, 1.807) is 36.8 Å². The summed E-state index contributed by atoms with van der Waals surface area (Å²) in [5.74, 6) is 0.448. The summed E-state index contributed by atoms with van der Waals surface area (Å²) in [4.78, 5) is 19.7. The topological polar surface area (TPSA) is 101 Å². The summed E-state index contributed by atoms with van der Waals surface area (Å²) in [6.07, 6.45) is 5.45. The third-order valence-corrected chi connectivity index (χ3v) is 6.46. The van der Waals surface area contributed by atoms with Crippen molar-refractivity contribution in [3.8, 4) is 5.75 Å². The molecule has 3 aromatic rings. The Morgan fingerprint density at radius 3 is 2.81 bits per heavy atom. The Bertz CT molecular complexity index is 1180. The zero-order chi connectivity index (χ0) is 22.5. The minimum atomic E-state index is -1.03. The summed E-state index contributed by atoms with van der Waals surface area (Å²) >= 11 is 0. The normalized spacial score (nSPS) is 20.8. The molecule has 1 amide bonds. The van der Waals surface area contributed by atoms with Gasteiger partial charge in [0.2, 0.25) is 0 Å². The lowest BCUT2D eigenvalue weighted by atomic mass is 9.84. The van der Waals surface area contributed by atoms with Crippen LogP contribution in [0.3, 0.4) is 0 Å².